The Bertz CT molecular complexity index is 313. The van der Waals surface area contributed by atoms with Gasteiger partial charge in [0.05, 0.1) is 0 Å². The zero-order valence-corrected chi connectivity index (χ0v) is 10.8. The van der Waals surface area contributed by atoms with Gasteiger partial charge in [-0.25, -0.2) is 0 Å². The molecule has 0 fully saturated rings. The Hall–Kier alpha value is -1.19. The van der Waals surface area contributed by atoms with Crippen LogP contribution in [0.15, 0.2) is 37.0 Å². The average Bonchev–Trinajstić information content (AvgIpc) is 2.23. The number of rotatable bonds is 7. The van der Waals surface area contributed by atoms with Gasteiger partial charge in [-0.3, -0.25) is 0 Å². The van der Waals surface area contributed by atoms with E-state index in [4.69, 9.17) is 0 Å². The van der Waals surface area contributed by atoms with E-state index in [-0.39, 0.29) is 11.7 Å². The van der Waals surface area contributed by atoms with Crippen LogP contribution in [0.25, 0.3) is 0 Å². The van der Waals surface area contributed by atoms with Crippen molar-refractivity contribution in [1.29, 1.82) is 0 Å². The molecule has 0 unspecified atom stereocenters. The number of aliphatic hydroxyl groups is 2. The Kier molecular flexibility index (Phi) is 6.69. The molecule has 3 heteroatoms. The fourth-order valence-electron chi connectivity index (χ4n) is 1.26. The summed E-state index contributed by atoms with van der Waals surface area (Å²) < 4.78 is 0. The Labute approximate surface area is 103 Å². The van der Waals surface area contributed by atoms with Gasteiger partial charge >= 0.3 is 0 Å². The van der Waals surface area contributed by atoms with Crippen LogP contribution in [0.4, 0.5) is 0 Å². The number of ketones is 1. The lowest BCUT2D eigenvalue weighted by Gasteiger charge is -2.22. The molecule has 17 heavy (non-hydrogen) atoms. The number of hydrogen-bond acceptors (Lipinski definition) is 3. The van der Waals surface area contributed by atoms with Gasteiger partial charge in [-0.1, -0.05) is 37.3 Å². The van der Waals surface area contributed by atoms with E-state index in [0.29, 0.717) is 6.42 Å². The van der Waals surface area contributed by atoms with Gasteiger partial charge in [0.15, 0.2) is 0 Å². The van der Waals surface area contributed by atoms with Crippen LogP contribution in [-0.2, 0) is 4.79 Å². The monoisotopic (exact) mass is 238 g/mol. The highest BCUT2D eigenvalue weighted by molar-refractivity contribution is 5.75. The van der Waals surface area contributed by atoms with E-state index in [0.717, 1.165) is 0 Å². The number of carbonyl (C=O) groups excluding carboxylic acids is 1. The maximum Gasteiger partial charge on any atom is 0.130 e. The van der Waals surface area contributed by atoms with Gasteiger partial charge in [0, 0.05) is 6.42 Å². The van der Waals surface area contributed by atoms with Crippen molar-refractivity contribution in [2.24, 2.45) is 5.92 Å². The first-order valence-corrected chi connectivity index (χ1v) is 5.68. The van der Waals surface area contributed by atoms with Crippen LogP contribution < -0.4 is 0 Å². The molecule has 3 nitrogen and oxygen atoms in total. The number of allylic oxidation sites excluding steroid dienone is 3. The van der Waals surface area contributed by atoms with Crippen molar-refractivity contribution in [1.82, 2.24) is 0 Å². The van der Waals surface area contributed by atoms with Crippen molar-refractivity contribution in [3.8, 4) is 0 Å². The van der Waals surface area contributed by atoms with E-state index in [1.54, 1.807) is 19.1 Å². The third kappa shape index (κ3) is 6.87. The zero-order chi connectivity index (χ0) is 13.5. The van der Waals surface area contributed by atoms with Crippen molar-refractivity contribution in [3.05, 3.63) is 37.0 Å². The molecule has 0 aliphatic heterocycles. The quantitative estimate of drug-likeness (QED) is 0.527. The second-order valence-corrected chi connectivity index (χ2v) is 4.53. The molecule has 0 saturated heterocycles. The molecule has 0 heterocycles. The SMILES string of the molecule is C=C[C@](C)(O)[C@H](O)/C=C/C=C/[C@H](C)CC(C)=O. The van der Waals surface area contributed by atoms with Crippen LogP contribution in [0, 0.1) is 5.92 Å². The first-order chi connectivity index (χ1) is 7.79. The molecule has 0 aromatic carbocycles. The molecule has 0 aromatic rings. The molecule has 0 bridgehead atoms. The van der Waals surface area contributed by atoms with Gasteiger partial charge in [0.1, 0.15) is 17.5 Å². The van der Waals surface area contributed by atoms with E-state index >= 15 is 0 Å². The molecule has 0 rings (SSSR count). The fourth-order valence-corrected chi connectivity index (χ4v) is 1.26. The number of Topliss-reactive ketones (excluding diaryl/α,β-unsaturated/α-hetero) is 1. The van der Waals surface area contributed by atoms with Crippen LogP contribution in [0.1, 0.15) is 27.2 Å². The normalized spacial score (nSPS) is 19.1. The van der Waals surface area contributed by atoms with Crippen LogP contribution in [0.5, 0.6) is 0 Å². The Morgan fingerprint density at radius 1 is 1.41 bits per heavy atom. The largest absolute Gasteiger partial charge is 0.386 e. The summed E-state index contributed by atoms with van der Waals surface area (Å²) in [4.78, 5) is 10.8. The number of carbonyl (C=O) groups is 1. The maximum atomic E-state index is 10.8. The summed E-state index contributed by atoms with van der Waals surface area (Å²) in [6.45, 7) is 8.43. The summed E-state index contributed by atoms with van der Waals surface area (Å²) in [5, 5.41) is 19.2. The van der Waals surface area contributed by atoms with Crippen molar-refractivity contribution < 1.29 is 15.0 Å². The molecule has 0 aliphatic carbocycles. The number of hydrogen-bond donors (Lipinski definition) is 2. The second kappa shape index (κ2) is 7.20. The highest BCUT2D eigenvalue weighted by atomic mass is 16.3. The molecule has 0 spiro atoms. The summed E-state index contributed by atoms with van der Waals surface area (Å²) >= 11 is 0. The first-order valence-electron chi connectivity index (χ1n) is 5.68. The van der Waals surface area contributed by atoms with Gasteiger partial charge in [0.2, 0.25) is 0 Å². The van der Waals surface area contributed by atoms with E-state index in [1.807, 2.05) is 13.0 Å². The number of aliphatic hydroxyl groups excluding tert-OH is 1. The van der Waals surface area contributed by atoms with E-state index in [9.17, 15) is 15.0 Å². The third-order valence-corrected chi connectivity index (χ3v) is 2.47. The first kappa shape index (κ1) is 15.8. The standard InChI is InChI=1S/C14H22O3/c1-5-14(4,17)13(16)9-7-6-8-11(2)10-12(3)15/h5-9,11,13,16-17H,1,10H2,2-4H3/b8-6+,9-7+/t11-,13+,14-/m0/s1. The summed E-state index contributed by atoms with van der Waals surface area (Å²) in [5.74, 6) is 0.329. The van der Waals surface area contributed by atoms with Crippen LogP contribution in [0.2, 0.25) is 0 Å². The van der Waals surface area contributed by atoms with Crippen molar-refractivity contribution in [2.75, 3.05) is 0 Å². The minimum absolute atomic E-state index is 0.153. The Balaban J connectivity index is 4.23. The molecule has 0 amide bonds. The summed E-state index contributed by atoms with van der Waals surface area (Å²) in [6.07, 6.45) is 7.59. The predicted molar refractivity (Wildman–Crippen MR) is 69.6 cm³/mol. The topological polar surface area (TPSA) is 57.5 Å². The van der Waals surface area contributed by atoms with Gasteiger partial charge in [-0.2, -0.15) is 0 Å². The molecule has 2 N–H and O–H groups in total. The molecule has 3 atom stereocenters. The molecule has 96 valence electrons. The molecular weight excluding hydrogens is 216 g/mol. The molecule has 0 aliphatic rings. The highest BCUT2D eigenvalue weighted by Gasteiger charge is 2.23. The summed E-state index contributed by atoms with van der Waals surface area (Å²) in [7, 11) is 0. The smallest absolute Gasteiger partial charge is 0.130 e. The van der Waals surface area contributed by atoms with E-state index < -0.39 is 11.7 Å². The lowest BCUT2D eigenvalue weighted by atomic mass is 9.99. The summed E-state index contributed by atoms with van der Waals surface area (Å²) in [6, 6.07) is 0. The average molecular weight is 238 g/mol. The third-order valence-electron chi connectivity index (χ3n) is 2.47. The molecular formula is C14H22O3. The summed E-state index contributed by atoms with van der Waals surface area (Å²) in [5.41, 5.74) is -1.32. The second-order valence-electron chi connectivity index (χ2n) is 4.53. The minimum Gasteiger partial charge on any atom is -0.386 e. The lowest BCUT2D eigenvalue weighted by molar-refractivity contribution is -0.117. The predicted octanol–water partition coefficient (Wildman–Crippen LogP) is 2.01. The van der Waals surface area contributed by atoms with Crippen LogP contribution in [0.3, 0.4) is 0 Å². The Morgan fingerprint density at radius 2 is 1.94 bits per heavy atom. The molecule has 0 radical (unpaired) electrons. The van der Waals surface area contributed by atoms with Crippen molar-refractivity contribution >= 4 is 5.78 Å². The van der Waals surface area contributed by atoms with Crippen molar-refractivity contribution in [2.45, 2.75) is 38.9 Å². The molecule has 0 aromatic heterocycles. The van der Waals surface area contributed by atoms with Crippen LogP contribution >= 0.6 is 0 Å². The molecule has 0 saturated carbocycles. The van der Waals surface area contributed by atoms with Crippen molar-refractivity contribution in [3.63, 3.8) is 0 Å². The maximum absolute atomic E-state index is 10.8. The fraction of sp³-hybridized carbons (Fsp3) is 0.500. The van der Waals surface area contributed by atoms with Gasteiger partial charge in [-0.15, -0.1) is 6.58 Å². The highest BCUT2D eigenvalue weighted by Crippen LogP contribution is 2.12. The lowest BCUT2D eigenvalue weighted by Crippen LogP contribution is -2.35. The minimum atomic E-state index is -1.32. The van der Waals surface area contributed by atoms with Crippen LogP contribution in [-0.4, -0.2) is 27.7 Å². The van der Waals surface area contributed by atoms with Gasteiger partial charge in [-0.05, 0) is 19.8 Å². The van der Waals surface area contributed by atoms with Gasteiger partial charge < -0.3 is 15.0 Å². The Morgan fingerprint density at radius 3 is 2.41 bits per heavy atom. The van der Waals surface area contributed by atoms with Gasteiger partial charge in [0.25, 0.3) is 0 Å². The van der Waals surface area contributed by atoms with E-state index in [1.165, 1.54) is 19.1 Å². The zero-order valence-electron chi connectivity index (χ0n) is 10.8. The van der Waals surface area contributed by atoms with E-state index in [2.05, 4.69) is 6.58 Å².